The number of hydrogen-bond donors (Lipinski definition) is 0. The Morgan fingerprint density at radius 3 is 2.22 bits per heavy atom. The van der Waals surface area contributed by atoms with Crippen LogP contribution in [0.25, 0.3) is 0 Å². The maximum atomic E-state index is 11.0. The summed E-state index contributed by atoms with van der Waals surface area (Å²) in [6.45, 7) is 12.4. The average Bonchev–Trinajstić information content (AvgIpc) is 2.23. The fraction of sp³-hybridized carbons (Fsp3) is 0.500. The summed E-state index contributed by atoms with van der Waals surface area (Å²) in [5.41, 5.74) is 2.15. The molecular formula is C16H21NO. The number of carbonyl (C=O) groups excluding carboxylic acids is 1. The van der Waals surface area contributed by atoms with Gasteiger partial charge < -0.3 is 0 Å². The fourth-order valence-corrected chi connectivity index (χ4v) is 1.33. The molecule has 0 aromatic carbocycles. The summed E-state index contributed by atoms with van der Waals surface area (Å²) in [5.74, 6) is 6.25. The molecule has 0 fully saturated rings. The Morgan fingerprint density at radius 2 is 1.78 bits per heavy atom. The molecule has 0 bridgehead atoms. The smallest absolute Gasteiger partial charge is 0.152 e. The predicted octanol–water partition coefficient (Wildman–Crippen LogP) is 3.59. The number of pyridine rings is 1. The van der Waals surface area contributed by atoms with E-state index in [-0.39, 0.29) is 10.8 Å². The predicted molar refractivity (Wildman–Crippen MR) is 74.7 cm³/mol. The lowest BCUT2D eigenvalue weighted by molar-refractivity contribution is 0.112. The molecule has 18 heavy (non-hydrogen) atoms. The van der Waals surface area contributed by atoms with Crippen molar-refractivity contribution in [2.45, 2.75) is 47.0 Å². The summed E-state index contributed by atoms with van der Waals surface area (Å²) in [5, 5.41) is 0. The van der Waals surface area contributed by atoms with E-state index in [1.54, 1.807) is 6.20 Å². The summed E-state index contributed by atoms with van der Waals surface area (Å²) in [4.78, 5) is 15.3. The van der Waals surface area contributed by atoms with Crippen LogP contribution in [0, 0.1) is 17.3 Å². The first kappa shape index (κ1) is 14.4. The zero-order valence-electron chi connectivity index (χ0n) is 12.1. The Labute approximate surface area is 110 Å². The van der Waals surface area contributed by atoms with Crippen LogP contribution < -0.4 is 0 Å². The van der Waals surface area contributed by atoms with Crippen molar-refractivity contribution in [3.05, 3.63) is 29.1 Å². The Kier molecular flexibility index (Phi) is 3.96. The number of carbonyl (C=O) groups is 1. The highest BCUT2D eigenvalue weighted by Gasteiger charge is 2.16. The van der Waals surface area contributed by atoms with Crippen LogP contribution in [-0.4, -0.2) is 11.3 Å². The van der Waals surface area contributed by atoms with Gasteiger partial charge in [0.05, 0.1) is 0 Å². The molecule has 0 amide bonds. The van der Waals surface area contributed by atoms with Crippen molar-refractivity contribution in [1.29, 1.82) is 0 Å². The lowest BCUT2D eigenvalue weighted by Gasteiger charge is -2.18. The normalized spacial score (nSPS) is 11.7. The van der Waals surface area contributed by atoms with Crippen LogP contribution >= 0.6 is 0 Å². The van der Waals surface area contributed by atoms with Gasteiger partial charge in [0.1, 0.15) is 0 Å². The highest BCUT2D eigenvalue weighted by Crippen LogP contribution is 2.21. The van der Waals surface area contributed by atoms with Gasteiger partial charge >= 0.3 is 0 Å². The van der Waals surface area contributed by atoms with Gasteiger partial charge in [-0.1, -0.05) is 32.6 Å². The molecule has 0 aliphatic carbocycles. The minimum atomic E-state index is -0.0781. The van der Waals surface area contributed by atoms with E-state index in [1.165, 1.54) is 0 Å². The molecule has 0 aliphatic heterocycles. The highest BCUT2D eigenvalue weighted by molar-refractivity contribution is 5.79. The van der Waals surface area contributed by atoms with Gasteiger partial charge in [0.25, 0.3) is 0 Å². The molecule has 1 rings (SSSR count). The van der Waals surface area contributed by atoms with Crippen molar-refractivity contribution in [2.75, 3.05) is 0 Å². The number of rotatable bonds is 1. The van der Waals surface area contributed by atoms with Crippen LogP contribution in [0.3, 0.4) is 0 Å². The summed E-state index contributed by atoms with van der Waals surface area (Å²) in [6, 6.07) is 1.92. The summed E-state index contributed by atoms with van der Waals surface area (Å²) in [7, 11) is 0. The molecule has 0 radical (unpaired) electrons. The first-order valence-corrected chi connectivity index (χ1v) is 6.12. The summed E-state index contributed by atoms with van der Waals surface area (Å²) in [6.07, 6.45) is 2.42. The Hall–Kier alpha value is -1.62. The van der Waals surface area contributed by atoms with Crippen LogP contribution in [0.1, 0.15) is 63.2 Å². The van der Waals surface area contributed by atoms with Crippen LogP contribution in [0.15, 0.2) is 12.3 Å². The van der Waals surface area contributed by atoms with E-state index in [2.05, 4.69) is 37.6 Å². The van der Waals surface area contributed by atoms with E-state index < -0.39 is 0 Å². The summed E-state index contributed by atoms with van der Waals surface area (Å²) >= 11 is 0. The lowest BCUT2D eigenvalue weighted by Crippen LogP contribution is -2.14. The molecule has 2 heteroatoms. The SMILES string of the molecule is CC(C)(C)C#Cc1cc(C(C)(C)C)ncc1C=O. The van der Waals surface area contributed by atoms with Crippen molar-refractivity contribution < 1.29 is 4.79 Å². The molecule has 1 aromatic rings. The van der Waals surface area contributed by atoms with Crippen LogP contribution in [0.4, 0.5) is 0 Å². The van der Waals surface area contributed by atoms with Gasteiger partial charge in [-0.3, -0.25) is 9.78 Å². The first-order chi connectivity index (χ1) is 8.13. The average molecular weight is 243 g/mol. The summed E-state index contributed by atoms with van der Waals surface area (Å²) < 4.78 is 0. The molecule has 96 valence electrons. The third-order valence-electron chi connectivity index (χ3n) is 2.40. The lowest BCUT2D eigenvalue weighted by atomic mass is 9.90. The van der Waals surface area contributed by atoms with Gasteiger partial charge in [-0.25, -0.2) is 0 Å². The monoisotopic (exact) mass is 243 g/mol. The van der Waals surface area contributed by atoms with Gasteiger partial charge in [-0.2, -0.15) is 0 Å². The molecule has 0 unspecified atom stereocenters. The largest absolute Gasteiger partial charge is 0.298 e. The Bertz CT molecular complexity index is 505. The highest BCUT2D eigenvalue weighted by atomic mass is 16.1. The number of hydrogen-bond acceptors (Lipinski definition) is 2. The number of aromatic nitrogens is 1. The van der Waals surface area contributed by atoms with Gasteiger partial charge in [0.15, 0.2) is 6.29 Å². The zero-order chi connectivity index (χ0) is 14.0. The number of nitrogens with zero attached hydrogens (tertiary/aromatic N) is 1. The minimum Gasteiger partial charge on any atom is -0.298 e. The molecule has 1 heterocycles. The maximum absolute atomic E-state index is 11.0. The Morgan fingerprint density at radius 1 is 1.17 bits per heavy atom. The topological polar surface area (TPSA) is 30.0 Å². The molecule has 0 atom stereocenters. The quantitative estimate of drug-likeness (QED) is 0.557. The molecule has 2 nitrogen and oxygen atoms in total. The van der Waals surface area contributed by atoms with E-state index in [1.807, 2.05) is 26.8 Å². The van der Waals surface area contributed by atoms with E-state index >= 15 is 0 Å². The zero-order valence-corrected chi connectivity index (χ0v) is 12.1. The van der Waals surface area contributed by atoms with Crippen molar-refractivity contribution in [3.63, 3.8) is 0 Å². The van der Waals surface area contributed by atoms with E-state index in [0.29, 0.717) is 5.56 Å². The van der Waals surface area contributed by atoms with Gasteiger partial charge in [0.2, 0.25) is 0 Å². The van der Waals surface area contributed by atoms with Crippen LogP contribution in [0.2, 0.25) is 0 Å². The van der Waals surface area contributed by atoms with Crippen molar-refractivity contribution in [1.82, 2.24) is 4.98 Å². The fourth-order valence-electron chi connectivity index (χ4n) is 1.33. The standard InChI is InChI=1S/C16H21NO/c1-15(2,3)8-7-12-9-14(16(4,5)6)17-10-13(12)11-18/h9-11H,1-6H3. The number of aldehydes is 1. The Balaban J connectivity index is 3.31. The first-order valence-electron chi connectivity index (χ1n) is 6.12. The van der Waals surface area contributed by atoms with E-state index in [0.717, 1.165) is 17.5 Å². The third kappa shape index (κ3) is 4.00. The van der Waals surface area contributed by atoms with E-state index in [4.69, 9.17) is 0 Å². The minimum absolute atomic E-state index is 0.0421. The second-order valence-corrected chi connectivity index (χ2v) is 6.52. The second-order valence-electron chi connectivity index (χ2n) is 6.52. The van der Waals surface area contributed by atoms with Crippen LogP contribution in [-0.2, 0) is 5.41 Å². The molecule has 1 aromatic heterocycles. The molecular weight excluding hydrogens is 222 g/mol. The van der Waals surface area contributed by atoms with Gasteiger partial charge in [-0.05, 0) is 26.8 Å². The van der Waals surface area contributed by atoms with Crippen molar-refractivity contribution >= 4 is 6.29 Å². The van der Waals surface area contributed by atoms with Gasteiger partial charge in [0, 0.05) is 33.8 Å². The maximum Gasteiger partial charge on any atom is 0.152 e. The molecule has 0 saturated carbocycles. The van der Waals surface area contributed by atoms with Crippen molar-refractivity contribution in [2.24, 2.45) is 5.41 Å². The molecule has 0 aliphatic rings. The second kappa shape index (κ2) is 4.94. The molecule has 0 spiro atoms. The van der Waals surface area contributed by atoms with Gasteiger partial charge in [-0.15, -0.1) is 0 Å². The van der Waals surface area contributed by atoms with Crippen LogP contribution in [0.5, 0.6) is 0 Å². The molecule has 0 saturated heterocycles. The van der Waals surface area contributed by atoms with Crippen molar-refractivity contribution in [3.8, 4) is 11.8 Å². The van der Waals surface area contributed by atoms with E-state index in [9.17, 15) is 4.79 Å². The molecule has 0 N–H and O–H groups in total. The third-order valence-corrected chi connectivity index (χ3v) is 2.40.